The van der Waals surface area contributed by atoms with E-state index in [4.69, 9.17) is 5.41 Å². The van der Waals surface area contributed by atoms with E-state index in [1.165, 1.54) is 88.6 Å². The maximum absolute atomic E-state index is 7.24. The lowest BCUT2D eigenvalue weighted by Gasteiger charge is -2.22. The van der Waals surface area contributed by atoms with Gasteiger partial charge in [0.1, 0.15) is 0 Å². The molecule has 0 spiro atoms. The van der Waals surface area contributed by atoms with Crippen LogP contribution in [0.3, 0.4) is 0 Å². The van der Waals surface area contributed by atoms with Crippen LogP contribution in [0.5, 0.6) is 0 Å². The van der Waals surface area contributed by atoms with Gasteiger partial charge in [0.15, 0.2) is 0 Å². The zero-order chi connectivity index (χ0) is 49.3. The Hall–Kier alpha value is -6.83. The van der Waals surface area contributed by atoms with E-state index in [1.54, 1.807) is 12.2 Å². The van der Waals surface area contributed by atoms with Gasteiger partial charge in [-0.05, 0) is 157 Å². The van der Waals surface area contributed by atoms with Crippen molar-refractivity contribution in [2.24, 2.45) is 5.41 Å². The summed E-state index contributed by atoms with van der Waals surface area (Å²) in [4.78, 5) is 0. The quantitative estimate of drug-likeness (QED) is 0.0745. The van der Waals surface area contributed by atoms with Crippen LogP contribution >= 0.6 is 0 Å². The van der Waals surface area contributed by atoms with Crippen LogP contribution in [0, 0.1) is 24.7 Å². The third kappa shape index (κ3) is 13.8. The normalized spacial score (nSPS) is 11.3. The van der Waals surface area contributed by atoms with E-state index < -0.39 is 0 Å². The Bertz CT molecular complexity index is 2890. The summed E-state index contributed by atoms with van der Waals surface area (Å²) >= 11 is 0. The molecule has 344 valence electrons. The first-order chi connectivity index (χ1) is 32.0. The smallest absolute Gasteiger partial charge is 0.0177 e. The highest BCUT2D eigenvalue weighted by atomic mass is 14.3. The summed E-state index contributed by atoms with van der Waals surface area (Å²) in [6, 6.07) is 57.3. The summed E-state index contributed by atoms with van der Waals surface area (Å²) in [6.45, 7) is 35.4. The number of aryl methyl sites for hydroxylation is 2. The average Bonchev–Trinajstić information content (AvgIpc) is 3.33. The van der Waals surface area contributed by atoms with Crippen LogP contribution in [0.25, 0.3) is 71.3 Å². The second-order valence-electron chi connectivity index (χ2n) is 18.8. The van der Waals surface area contributed by atoms with Crippen molar-refractivity contribution in [3.8, 4) is 33.4 Å². The molecular weight excluding hydrogens is 807 g/mol. The van der Waals surface area contributed by atoms with E-state index in [2.05, 4.69) is 246 Å². The van der Waals surface area contributed by atoms with Crippen molar-refractivity contribution in [3.63, 3.8) is 0 Å². The summed E-state index contributed by atoms with van der Waals surface area (Å²) in [5.74, 6) is 0. The molecule has 8 aromatic rings. The first kappa shape index (κ1) is 52.8. The Balaban J connectivity index is 0.000000389. The second-order valence-corrected chi connectivity index (χ2v) is 18.8. The van der Waals surface area contributed by atoms with Gasteiger partial charge in [-0.1, -0.05) is 231 Å². The predicted molar refractivity (Wildman–Crippen MR) is 303 cm³/mol. The van der Waals surface area contributed by atoms with Gasteiger partial charge < -0.3 is 5.41 Å². The zero-order valence-electron chi connectivity index (χ0n) is 42.8. The van der Waals surface area contributed by atoms with Gasteiger partial charge in [0.25, 0.3) is 0 Å². The number of hydrogen-bond donors (Lipinski definition) is 1. The third-order valence-corrected chi connectivity index (χ3v) is 12.1. The minimum absolute atomic E-state index is 0.0702. The van der Waals surface area contributed by atoms with Gasteiger partial charge >= 0.3 is 0 Å². The SMILES string of the molecule is C/C=C(\C)C(C)(C)C.C=C(/C=C\C=N)c1ccc(-c2ccc3ccc(-c4c5ccccc5c(-c5cccc(C(C)(C)C)c5)c5ccccc45)cc3c2)cc1.C=CC.CC.Cc1ccccc1C. The molecule has 0 saturated carbocycles. The van der Waals surface area contributed by atoms with Crippen molar-refractivity contribution in [1.82, 2.24) is 0 Å². The first-order valence-electron chi connectivity index (χ1n) is 23.8. The van der Waals surface area contributed by atoms with Crippen LogP contribution in [0.1, 0.15) is 98.4 Å². The molecule has 1 nitrogen and oxygen atoms in total. The van der Waals surface area contributed by atoms with Crippen molar-refractivity contribution in [2.75, 3.05) is 0 Å². The topological polar surface area (TPSA) is 23.9 Å². The van der Waals surface area contributed by atoms with Crippen LogP contribution in [0.15, 0.2) is 201 Å². The Morgan fingerprint density at radius 1 is 0.522 bits per heavy atom. The Morgan fingerprint density at radius 2 is 0.955 bits per heavy atom. The van der Waals surface area contributed by atoms with Crippen LogP contribution in [0.4, 0.5) is 0 Å². The predicted octanol–water partition coefficient (Wildman–Crippen LogP) is 20.2. The summed E-state index contributed by atoms with van der Waals surface area (Å²) < 4.78 is 0. The molecule has 8 aromatic carbocycles. The summed E-state index contributed by atoms with van der Waals surface area (Å²) in [5.41, 5.74) is 15.3. The Morgan fingerprint density at radius 3 is 1.37 bits per heavy atom. The van der Waals surface area contributed by atoms with Gasteiger partial charge in [0, 0.05) is 6.21 Å². The number of hydrogen-bond acceptors (Lipinski definition) is 1. The lowest BCUT2D eigenvalue weighted by atomic mass is 9.82. The van der Waals surface area contributed by atoms with Crippen molar-refractivity contribution in [1.29, 1.82) is 5.41 Å². The summed E-state index contributed by atoms with van der Waals surface area (Å²) in [5, 5.41) is 14.7. The van der Waals surface area contributed by atoms with Gasteiger partial charge in [-0.3, -0.25) is 0 Å². The molecule has 0 amide bonds. The van der Waals surface area contributed by atoms with Crippen molar-refractivity contribution in [2.45, 2.75) is 95.4 Å². The van der Waals surface area contributed by atoms with Crippen LogP contribution < -0.4 is 0 Å². The van der Waals surface area contributed by atoms with E-state index in [0.29, 0.717) is 5.41 Å². The molecule has 67 heavy (non-hydrogen) atoms. The fourth-order valence-corrected chi connectivity index (χ4v) is 7.71. The highest BCUT2D eigenvalue weighted by Crippen LogP contribution is 2.45. The van der Waals surface area contributed by atoms with Crippen molar-refractivity contribution in [3.05, 3.63) is 223 Å². The van der Waals surface area contributed by atoms with Crippen LogP contribution in [0.2, 0.25) is 0 Å². The Kier molecular flexibility index (Phi) is 19.4. The maximum atomic E-state index is 7.24. The number of fused-ring (bicyclic) bond motifs is 3. The van der Waals surface area contributed by atoms with E-state index in [-0.39, 0.29) is 5.41 Å². The molecule has 0 aromatic heterocycles. The van der Waals surface area contributed by atoms with Gasteiger partial charge in [-0.25, -0.2) is 0 Å². The maximum Gasteiger partial charge on any atom is 0.0177 e. The molecule has 1 N–H and O–H groups in total. The molecule has 0 aliphatic rings. The molecule has 8 rings (SSSR count). The minimum atomic E-state index is 0.0702. The summed E-state index contributed by atoms with van der Waals surface area (Å²) in [7, 11) is 0. The lowest BCUT2D eigenvalue weighted by molar-refractivity contribution is 0.503. The molecule has 0 heterocycles. The molecule has 0 unspecified atom stereocenters. The van der Waals surface area contributed by atoms with E-state index in [9.17, 15) is 0 Å². The monoisotopic (exact) mass is 882 g/mol. The molecule has 0 bridgehead atoms. The highest BCUT2D eigenvalue weighted by molar-refractivity contribution is 6.21. The van der Waals surface area contributed by atoms with Crippen molar-refractivity contribution >= 4 is 44.1 Å². The number of allylic oxidation sites excluding steroid dienone is 6. The summed E-state index contributed by atoms with van der Waals surface area (Å²) in [6.07, 6.45) is 8.75. The van der Waals surface area contributed by atoms with Gasteiger partial charge in [0.05, 0.1) is 0 Å². The second kappa shape index (κ2) is 24.6. The Labute approximate surface area is 404 Å². The molecular formula is C66H75N. The number of benzene rings is 8. The average molecular weight is 882 g/mol. The molecule has 0 aliphatic heterocycles. The fraction of sp³-hybridized carbons (Fsp3) is 0.227. The molecule has 0 fully saturated rings. The first-order valence-corrected chi connectivity index (χ1v) is 23.8. The van der Waals surface area contributed by atoms with E-state index >= 15 is 0 Å². The highest BCUT2D eigenvalue weighted by Gasteiger charge is 2.19. The van der Waals surface area contributed by atoms with Crippen LogP contribution in [-0.4, -0.2) is 6.21 Å². The largest absolute Gasteiger partial charge is 0.309 e. The van der Waals surface area contributed by atoms with Gasteiger partial charge in [-0.15, -0.1) is 6.58 Å². The number of nitrogens with one attached hydrogen (secondary N) is 1. The number of rotatable bonds is 6. The minimum Gasteiger partial charge on any atom is -0.309 e. The molecule has 0 radical (unpaired) electrons. The van der Waals surface area contributed by atoms with E-state index in [0.717, 1.165) is 16.7 Å². The standard InChI is InChI=1S/C45H37N.C8H10.C8H16.C3H6.C2H6/c1-30(11-10-26-46)31-18-20-32(21-19-31)34-24-22-33-23-25-36(28-37(33)27-34)44-41-16-7-5-14-39(41)43(40-15-6-8-17-42(40)44)35-12-9-13-38(29-35)45(2,3)4;1-7-5-3-4-6-8(7)2;1-6-7(2)8(3,4)5;1-3-2;1-2/h5-29,46H,1H2,2-4H3;3-6H,1-2H3;6H,1-5H3;3H,1H2,2H3;1-2H3/b11-10-,46-26?;;7-6+;;. The zero-order valence-corrected chi connectivity index (χ0v) is 42.8. The van der Waals surface area contributed by atoms with Crippen molar-refractivity contribution < 1.29 is 0 Å². The molecule has 0 saturated heterocycles. The van der Waals surface area contributed by atoms with E-state index in [1.807, 2.05) is 26.8 Å². The lowest BCUT2D eigenvalue weighted by Crippen LogP contribution is -2.10. The van der Waals surface area contributed by atoms with Gasteiger partial charge in [0.2, 0.25) is 0 Å². The molecule has 0 aliphatic carbocycles. The van der Waals surface area contributed by atoms with Crippen LogP contribution in [-0.2, 0) is 5.41 Å². The van der Waals surface area contributed by atoms with Gasteiger partial charge in [-0.2, -0.15) is 0 Å². The third-order valence-electron chi connectivity index (χ3n) is 12.1. The molecule has 0 atom stereocenters. The fourth-order valence-electron chi connectivity index (χ4n) is 7.71. The molecule has 1 heteroatoms.